The quantitative estimate of drug-likeness (QED) is 0.144. The molecule has 2 heterocycles. The number of para-hydroxylation sites is 4. The number of anilines is 3. The van der Waals surface area contributed by atoms with Gasteiger partial charge < -0.3 is 13.7 Å². The number of nitrogens with zero attached hydrogens (tertiary/aromatic N) is 1. The fraction of sp³-hybridized carbons (Fsp3) is 0.0137. The molecule has 15 rings (SSSR count). The molecule has 2 aromatic heterocycles. The van der Waals surface area contributed by atoms with Gasteiger partial charge in [-0.05, 0) is 116 Å². The lowest BCUT2D eigenvalue weighted by Crippen LogP contribution is -2.28. The van der Waals surface area contributed by atoms with Crippen LogP contribution in [0.4, 0.5) is 17.1 Å². The van der Waals surface area contributed by atoms with Gasteiger partial charge in [0.05, 0.1) is 11.1 Å². The van der Waals surface area contributed by atoms with E-state index in [1.54, 1.807) is 0 Å². The van der Waals surface area contributed by atoms with E-state index in [0.29, 0.717) is 0 Å². The molecule has 1 aliphatic carbocycles. The molecule has 14 aromatic rings. The Balaban J connectivity index is 0.869. The predicted octanol–water partition coefficient (Wildman–Crippen LogP) is 20.0. The zero-order chi connectivity index (χ0) is 50.2. The average Bonchev–Trinajstić information content (AvgIpc) is 4.22. The van der Waals surface area contributed by atoms with E-state index in [1.165, 1.54) is 33.4 Å². The summed E-state index contributed by atoms with van der Waals surface area (Å²) in [6.07, 6.45) is 0. The summed E-state index contributed by atoms with van der Waals surface area (Å²) in [7, 11) is 0. The maximum atomic E-state index is 6.50. The van der Waals surface area contributed by atoms with Gasteiger partial charge in [-0.2, -0.15) is 0 Å². The Labute approximate surface area is 440 Å². The molecule has 0 saturated heterocycles. The number of fused-ring (bicyclic) bond motifs is 9. The monoisotopic (exact) mass is 969 g/mol. The third-order valence-electron chi connectivity index (χ3n) is 15.8. The van der Waals surface area contributed by atoms with E-state index >= 15 is 0 Å². The Hall–Kier alpha value is -9.96. The second-order valence-corrected chi connectivity index (χ2v) is 19.9. The van der Waals surface area contributed by atoms with Crippen LogP contribution in [-0.4, -0.2) is 0 Å². The van der Waals surface area contributed by atoms with Crippen LogP contribution in [0, 0.1) is 0 Å². The van der Waals surface area contributed by atoms with Gasteiger partial charge in [0.1, 0.15) is 22.3 Å². The van der Waals surface area contributed by atoms with Crippen LogP contribution in [0.3, 0.4) is 0 Å². The van der Waals surface area contributed by atoms with Crippen molar-refractivity contribution in [1.82, 2.24) is 0 Å². The zero-order valence-corrected chi connectivity index (χ0v) is 41.4. The molecule has 0 bridgehead atoms. The summed E-state index contributed by atoms with van der Waals surface area (Å²) in [6, 6.07) is 103. The van der Waals surface area contributed by atoms with Gasteiger partial charge >= 0.3 is 0 Å². The van der Waals surface area contributed by atoms with Crippen LogP contribution in [0.5, 0.6) is 0 Å². The van der Waals surface area contributed by atoms with Crippen molar-refractivity contribution in [3.8, 4) is 55.6 Å². The smallest absolute Gasteiger partial charge is 0.143 e. The first kappa shape index (κ1) is 43.6. The first-order chi connectivity index (χ1) is 37.7. The van der Waals surface area contributed by atoms with Crippen molar-refractivity contribution < 1.29 is 8.83 Å². The first-order valence-electron chi connectivity index (χ1n) is 26.1. The molecule has 356 valence electrons. The van der Waals surface area contributed by atoms with Crippen molar-refractivity contribution in [1.29, 1.82) is 0 Å². The van der Waals surface area contributed by atoms with E-state index in [0.717, 1.165) is 105 Å². The van der Waals surface area contributed by atoms with Crippen molar-refractivity contribution in [3.05, 3.63) is 307 Å². The van der Waals surface area contributed by atoms with Gasteiger partial charge in [0.2, 0.25) is 0 Å². The molecule has 0 fully saturated rings. The highest BCUT2D eigenvalue weighted by Crippen LogP contribution is 2.59. The van der Waals surface area contributed by atoms with E-state index < -0.39 is 5.41 Å². The Morgan fingerprint density at radius 2 is 0.684 bits per heavy atom. The van der Waals surface area contributed by atoms with Crippen LogP contribution in [0.25, 0.3) is 99.5 Å². The molecule has 12 aromatic carbocycles. The summed E-state index contributed by atoms with van der Waals surface area (Å²) in [5, 5.41) is 4.51. The molecule has 0 spiro atoms. The highest BCUT2D eigenvalue weighted by Gasteiger charge is 2.47. The van der Waals surface area contributed by atoms with Crippen LogP contribution < -0.4 is 4.90 Å². The Kier molecular flexibility index (Phi) is 10.1. The summed E-state index contributed by atoms with van der Waals surface area (Å²) >= 11 is 0. The van der Waals surface area contributed by atoms with Gasteiger partial charge in [0.25, 0.3) is 0 Å². The number of furan rings is 2. The lowest BCUT2D eigenvalue weighted by atomic mass is 9.68. The van der Waals surface area contributed by atoms with Gasteiger partial charge in [0.15, 0.2) is 0 Å². The van der Waals surface area contributed by atoms with Crippen LogP contribution in [0.1, 0.15) is 22.3 Å². The summed E-state index contributed by atoms with van der Waals surface area (Å²) in [5.41, 5.74) is 22.7. The topological polar surface area (TPSA) is 29.5 Å². The van der Waals surface area contributed by atoms with Crippen LogP contribution in [0.2, 0.25) is 0 Å². The molecule has 1 aliphatic rings. The minimum Gasteiger partial charge on any atom is -0.455 e. The Morgan fingerprint density at radius 1 is 0.276 bits per heavy atom. The summed E-state index contributed by atoms with van der Waals surface area (Å²) in [5.74, 6) is 0. The molecule has 0 radical (unpaired) electrons. The maximum Gasteiger partial charge on any atom is 0.143 e. The standard InChI is InChI=1S/C73H47NO2/c1-3-22-54(23-4-1)73(55-24-5-2-6-25-55)65-33-10-7-28-64(65)70-66(73)34-17-35-67(70)74(56-42-38-48(39-43-56)50-18-13-20-52(46-50)58-29-15-31-62-60-26-8-11-36-68(60)75-71(58)62)57-44-40-49(41-45-57)51-19-14-21-53(47-51)59-30-16-32-63-61-27-9-12-37-69(61)76-72(59)63/h1-47H. The second-order valence-electron chi connectivity index (χ2n) is 19.9. The van der Waals surface area contributed by atoms with E-state index in [2.05, 4.69) is 266 Å². The summed E-state index contributed by atoms with van der Waals surface area (Å²) < 4.78 is 13.0. The normalized spacial score (nSPS) is 12.6. The fourth-order valence-electron chi connectivity index (χ4n) is 12.4. The number of hydrogen-bond acceptors (Lipinski definition) is 3. The predicted molar refractivity (Wildman–Crippen MR) is 315 cm³/mol. The van der Waals surface area contributed by atoms with Gasteiger partial charge in [-0.25, -0.2) is 0 Å². The molecule has 0 N–H and O–H groups in total. The lowest BCUT2D eigenvalue weighted by Gasteiger charge is -2.34. The number of rotatable bonds is 9. The summed E-state index contributed by atoms with van der Waals surface area (Å²) in [4.78, 5) is 2.45. The van der Waals surface area contributed by atoms with Gasteiger partial charge in [0, 0.05) is 49.6 Å². The molecule has 0 amide bonds. The SMILES string of the molecule is c1ccc(C2(c3ccccc3)c3ccccc3-c3c(N(c4ccc(-c5cccc(-c6cccc7c6oc6ccccc67)c5)cc4)c4ccc(-c5cccc(-c6cccc7c6oc6ccccc67)c5)cc4)cccc32)cc1. The first-order valence-corrected chi connectivity index (χ1v) is 26.1. The number of hydrogen-bond donors (Lipinski definition) is 0. The molecular weight excluding hydrogens is 923 g/mol. The van der Waals surface area contributed by atoms with E-state index in [1.807, 2.05) is 24.3 Å². The van der Waals surface area contributed by atoms with Crippen molar-refractivity contribution in [3.63, 3.8) is 0 Å². The Morgan fingerprint density at radius 3 is 1.22 bits per heavy atom. The fourth-order valence-corrected chi connectivity index (χ4v) is 12.4. The van der Waals surface area contributed by atoms with E-state index in [-0.39, 0.29) is 0 Å². The van der Waals surface area contributed by atoms with Gasteiger partial charge in [-0.1, -0.05) is 231 Å². The summed E-state index contributed by atoms with van der Waals surface area (Å²) in [6.45, 7) is 0. The Bertz CT molecular complexity index is 4270. The highest BCUT2D eigenvalue weighted by molar-refractivity contribution is 6.11. The maximum absolute atomic E-state index is 6.50. The minimum atomic E-state index is -0.542. The van der Waals surface area contributed by atoms with Gasteiger partial charge in [-0.3, -0.25) is 0 Å². The van der Waals surface area contributed by atoms with Crippen molar-refractivity contribution in [2.24, 2.45) is 0 Å². The molecule has 0 atom stereocenters. The van der Waals surface area contributed by atoms with Crippen molar-refractivity contribution in [2.75, 3.05) is 4.90 Å². The van der Waals surface area contributed by atoms with Crippen LogP contribution in [-0.2, 0) is 5.41 Å². The van der Waals surface area contributed by atoms with E-state index in [9.17, 15) is 0 Å². The third kappa shape index (κ3) is 6.83. The third-order valence-corrected chi connectivity index (χ3v) is 15.8. The second kappa shape index (κ2) is 17.6. The lowest BCUT2D eigenvalue weighted by molar-refractivity contribution is 0.669. The molecule has 0 saturated carbocycles. The zero-order valence-electron chi connectivity index (χ0n) is 41.4. The van der Waals surface area contributed by atoms with Crippen molar-refractivity contribution >= 4 is 60.9 Å². The molecule has 76 heavy (non-hydrogen) atoms. The number of benzene rings is 12. The molecule has 3 nitrogen and oxygen atoms in total. The molecule has 0 unspecified atom stereocenters. The van der Waals surface area contributed by atoms with E-state index in [4.69, 9.17) is 8.83 Å². The largest absolute Gasteiger partial charge is 0.455 e. The molecular formula is C73H47NO2. The van der Waals surface area contributed by atoms with Crippen LogP contribution in [0.15, 0.2) is 294 Å². The molecule has 3 heteroatoms. The molecule has 0 aliphatic heterocycles. The van der Waals surface area contributed by atoms with Crippen LogP contribution >= 0.6 is 0 Å². The average molecular weight is 970 g/mol. The minimum absolute atomic E-state index is 0.542. The highest BCUT2D eigenvalue weighted by atomic mass is 16.3. The van der Waals surface area contributed by atoms with Crippen molar-refractivity contribution in [2.45, 2.75) is 5.41 Å². The van der Waals surface area contributed by atoms with Gasteiger partial charge in [-0.15, -0.1) is 0 Å².